The van der Waals surface area contributed by atoms with E-state index in [1.165, 1.54) is 6.33 Å². The number of benzene rings is 1. The van der Waals surface area contributed by atoms with E-state index in [1.54, 1.807) is 17.0 Å². The first-order valence-corrected chi connectivity index (χ1v) is 9.34. The Hall–Kier alpha value is -2.09. The third kappa shape index (κ3) is 4.35. The maximum absolute atomic E-state index is 12.2. The topological polar surface area (TPSA) is 84.5 Å². The highest BCUT2D eigenvalue weighted by atomic mass is 79.9. The van der Waals surface area contributed by atoms with Crippen LogP contribution in [0.3, 0.4) is 0 Å². The molecule has 0 atom stereocenters. The fourth-order valence-corrected chi connectivity index (χ4v) is 3.31. The minimum absolute atomic E-state index is 0.0780. The van der Waals surface area contributed by atoms with Gasteiger partial charge in [0.2, 0.25) is 0 Å². The molecule has 0 radical (unpaired) electrons. The molecule has 1 aromatic carbocycles. The summed E-state index contributed by atoms with van der Waals surface area (Å²) in [6.07, 6.45) is 2.34. The lowest BCUT2D eigenvalue weighted by molar-refractivity contribution is 0.0128. The zero-order valence-electron chi connectivity index (χ0n) is 15.0. The smallest absolute Gasteiger partial charge is 0.410 e. The van der Waals surface area contributed by atoms with Crippen LogP contribution in [0.15, 0.2) is 27.7 Å². The molecule has 0 bridgehead atoms. The van der Waals surface area contributed by atoms with Gasteiger partial charge in [0, 0.05) is 30.4 Å². The molecule has 0 unspecified atom stereocenters. The predicted molar refractivity (Wildman–Crippen MR) is 102 cm³/mol. The minimum atomic E-state index is -0.506. The van der Waals surface area contributed by atoms with Crippen LogP contribution >= 0.6 is 15.9 Å². The molecule has 140 valence electrons. The first kappa shape index (κ1) is 18.7. The Morgan fingerprint density at radius 2 is 2.00 bits per heavy atom. The van der Waals surface area contributed by atoms with Crippen LogP contribution in [-0.4, -0.2) is 45.8 Å². The number of fused-ring (bicyclic) bond motifs is 1. The largest absolute Gasteiger partial charge is 0.489 e. The van der Waals surface area contributed by atoms with Gasteiger partial charge in [0.25, 0.3) is 5.56 Å². The number of hydrogen-bond acceptors (Lipinski definition) is 5. The van der Waals surface area contributed by atoms with Gasteiger partial charge in [-0.05, 0) is 32.9 Å². The Balaban J connectivity index is 1.70. The SMILES string of the molecule is CC(C)(C)OC(=O)N1CCC(Oc2cc(Br)cc3nc[nH]c(=O)c23)CC1. The van der Waals surface area contributed by atoms with Crippen LogP contribution in [0, 0.1) is 0 Å². The number of piperidine rings is 1. The maximum Gasteiger partial charge on any atom is 0.410 e. The summed E-state index contributed by atoms with van der Waals surface area (Å²) in [5.41, 5.74) is -0.166. The fraction of sp³-hybridized carbons (Fsp3) is 0.500. The van der Waals surface area contributed by atoms with E-state index in [0.29, 0.717) is 42.6 Å². The number of aromatic nitrogens is 2. The van der Waals surface area contributed by atoms with Crippen molar-refractivity contribution in [2.75, 3.05) is 13.1 Å². The van der Waals surface area contributed by atoms with Gasteiger partial charge in [-0.3, -0.25) is 4.79 Å². The highest BCUT2D eigenvalue weighted by Gasteiger charge is 2.28. The Bertz CT molecular complexity index is 867. The molecule has 1 amide bonds. The monoisotopic (exact) mass is 423 g/mol. The van der Waals surface area contributed by atoms with Crippen molar-refractivity contribution >= 4 is 32.9 Å². The molecule has 8 heteroatoms. The average molecular weight is 424 g/mol. The molecule has 2 heterocycles. The Labute approximate surface area is 159 Å². The van der Waals surface area contributed by atoms with E-state index in [4.69, 9.17) is 9.47 Å². The van der Waals surface area contributed by atoms with Crippen molar-refractivity contribution in [3.8, 4) is 5.75 Å². The highest BCUT2D eigenvalue weighted by Crippen LogP contribution is 2.29. The van der Waals surface area contributed by atoms with Gasteiger partial charge in [0.05, 0.1) is 11.8 Å². The zero-order valence-corrected chi connectivity index (χ0v) is 16.6. The molecule has 1 aromatic heterocycles. The summed E-state index contributed by atoms with van der Waals surface area (Å²) in [4.78, 5) is 32.8. The Kier molecular flexibility index (Phi) is 5.22. The van der Waals surface area contributed by atoms with E-state index in [1.807, 2.05) is 20.8 Å². The number of rotatable bonds is 2. The van der Waals surface area contributed by atoms with Crippen molar-refractivity contribution in [1.29, 1.82) is 0 Å². The molecule has 1 fully saturated rings. The van der Waals surface area contributed by atoms with E-state index < -0.39 is 5.60 Å². The second kappa shape index (κ2) is 7.26. The summed E-state index contributed by atoms with van der Waals surface area (Å²) in [6.45, 7) is 6.67. The lowest BCUT2D eigenvalue weighted by Gasteiger charge is -2.33. The number of halogens is 1. The first-order chi connectivity index (χ1) is 12.2. The van der Waals surface area contributed by atoms with Crippen LogP contribution in [0.5, 0.6) is 5.75 Å². The summed E-state index contributed by atoms with van der Waals surface area (Å²) in [5, 5.41) is 0.435. The molecular formula is C18H22BrN3O4. The second-order valence-corrected chi connectivity index (χ2v) is 8.23. The average Bonchev–Trinajstić information content (AvgIpc) is 2.53. The normalized spacial score (nSPS) is 15.9. The van der Waals surface area contributed by atoms with E-state index in [2.05, 4.69) is 25.9 Å². The molecule has 1 N–H and O–H groups in total. The van der Waals surface area contributed by atoms with Crippen molar-refractivity contribution in [2.45, 2.75) is 45.3 Å². The van der Waals surface area contributed by atoms with Gasteiger partial charge >= 0.3 is 6.09 Å². The number of ether oxygens (including phenoxy) is 2. The number of aromatic amines is 1. The second-order valence-electron chi connectivity index (χ2n) is 7.31. The third-order valence-corrected chi connectivity index (χ3v) is 4.52. The molecule has 26 heavy (non-hydrogen) atoms. The molecule has 1 aliphatic rings. The number of hydrogen-bond donors (Lipinski definition) is 1. The van der Waals surface area contributed by atoms with E-state index >= 15 is 0 Å². The quantitative estimate of drug-likeness (QED) is 0.798. The van der Waals surface area contributed by atoms with Gasteiger partial charge in [0.15, 0.2) is 0 Å². The van der Waals surface area contributed by atoms with Gasteiger partial charge in [0.1, 0.15) is 22.8 Å². The number of nitrogens with zero attached hydrogens (tertiary/aromatic N) is 2. The number of carbonyl (C=O) groups excluding carboxylic acids is 1. The fourth-order valence-electron chi connectivity index (χ4n) is 2.89. The minimum Gasteiger partial charge on any atom is -0.489 e. The summed E-state index contributed by atoms with van der Waals surface area (Å²) in [5.74, 6) is 0.499. The molecule has 3 rings (SSSR count). The Morgan fingerprint density at radius 1 is 1.31 bits per heavy atom. The summed E-state index contributed by atoms with van der Waals surface area (Å²) in [6, 6.07) is 3.56. The predicted octanol–water partition coefficient (Wildman–Crippen LogP) is 3.46. The maximum atomic E-state index is 12.2. The molecule has 0 saturated carbocycles. The van der Waals surface area contributed by atoms with E-state index in [9.17, 15) is 9.59 Å². The standard InChI is InChI=1S/C18H22BrN3O4/c1-18(2,3)26-17(24)22-6-4-12(5-7-22)25-14-9-11(19)8-13-15(14)16(23)21-10-20-13/h8-10,12H,4-7H2,1-3H3,(H,20,21,23). The molecule has 2 aromatic rings. The van der Waals surface area contributed by atoms with Gasteiger partial charge in [-0.1, -0.05) is 15.9 Å². The van der Waals surface area contributed by atoms with Crippen LogP contribution in [0.2, 0.25) is 0 Å². The van der Waals surface area contributed by atoms with Crippen LogP contribution in [0.4, 0.5) is 4.79 Å². The molecule has 0 aliphatic carbocycles. The highest BCUT2D eigenvalue weighted by molar-refractivity contribution is 9.10. The molecule has 7 nitrogen and oxygen atoms in total. The van der Waals surface area contributed by atoms with Crippen molar-refractivity contribution in [3.63, 3.8) is 0 Å². The van der Waals surface area contributed by atoms with Gasteiger partial charge in [-0.2, -0.15) is 0 Å². The zero-order chi connectivity index (χ0) is 18.9. The van der Waals surface area contributed by atoms with Crippen LogP contribution < -0.4 is 10.3 Å². The lowest BCUT2D eigenvalue weighted by Crippen LogP contribution is -2.44. The van der Waals surface area contributed by atoms with Crippen LogP contribution in [0.1, 0.15) is 33.6 Å². The Morgan fingerprint density at radius 3 is 2.65 bits per heavy atom. The number of H-pyrrole nitrogens is 1. The number of carbonyl (C=O) groups is 1. The number of likely N-dealkylation sites (tertiary alicyclic amines) is 1. The molecule has 0 spiro atoms. The summed E-state index contributed by atoms with van der Waals surface area (Å²) < 4.78 is 12.3. The van der Waals surface area contributed by atoms with Crippen LogP contribution in [-0.2, 0) is 4.74 Å². The van der Waals surface area contributed by atoms with Gasteiger partial charge in [-0.25, -0.2) is 9.78 Å². The summed E-state index contributed by atoms with van der Waals surface area (Å²) in [7, 11) is 0. The van der Waals surface area contributed by atoms with Crippen molar-refractivity contribution in [1.82, 2.24) is 14.9 Å². The summed E-state index contributed by atoms with van der Waals surface area (Å²) >= 11 is 3.43. The van der Waals surface area contributed by atoms with Gasteiger partial charge in [-0.15, -0.1) is 0 Å². The van der Waals surface area contributed by atoms with Gasteiger partial charge < -0.3 is 19.4 Å². The van der Waals surface area contributed by atoms with Crippen molar-refractivity contribution in [3.05, 3.63) is 33.3 Å². The number of amides is 1. The van der Waals surface area contributed by atoms with Crippen LogP contribution in [0.25, 0.3) is 10.9 Å². The van der Waals surface area contributed by atoms with E-state index in [0.717, 1.165) is 4.47 Å². The molecule has 1 aliphatic heterocycles. The van der Waals surface area contributed by atoms with Crippen molar-refractivity contribution < 1.29 is 14.3 Å². The number of nitrogens with one attached hydrogen (secondary N) is 1. The third-order valence-electron chi connectivity index (χ3n) is 4.06. The lowest BCUT2D eigenvalue weighted by atomic mass is 10.1. The first-order valence-electron chi connectivity index (χ1n) is 8.54. The molecular weight excluding hydrogens is 402 g/mol. The van der Waals surface area contributed by atoms with Crippen molar-refractivity contribution in [2.24, 2.45) is 0 Å². The van der Waals surface area contributed by atoms with E-state index in [-0.39, 0.29) is 17.8 Å². The molecule has 1 saturated heterocycles.